The Morgan fingerprint density at radius 2 is 1.89 bits per heavy atom. The molecule has 0 N–H and O–H groups in total. The fraction of sp³-hybridized carbons (Fsp3) is 1.00. The van der Waals surface area contributed by atoms with Crippen molar-refractivity contribution >= 4 is 34.8 Å². The van der Waals surface area contributed by atoms with E-state index in [1.54, 1.807) is 0 Å². The average molecular weight is 191 g/mol. The zero-order valence-electron chi connectivity index (χ0n) is 5.16. The number of rotatable bonds is 3. The lowest BCUT2D eigenvalue weighted by atomic mass is 10.5. The van der Waals surface area contributed by atoms with Gasteiger partial charge in [-0.15, -0.1) is 0 Å². The van der Waals surface area contributed by atoms with Gasteiger partial charge in [-0.2, -0.15) is 0 Å². The van der Waals surface area contributed by atoms with Crippen LogP contribution in [0.3, 0.4) is 0 Å². The molecule has 0 spiro atoms. The Morgan fingerprint density at radius 3 is 2.22 bits per heavy atom. The summed E-state index contributed by atoms with van der Waals surface area (Å²) in [4.78, 5) is 0. The van der Waals surface area contributed by atoms with Crippen LogP contribution >= 0.6 is 34.8 Å². The lowest BCUT2D eigenvalue weighted by molar-refractivity contribution is 0.140. The molecule has 0 amide bonds. The Kier molecular flexibility index (Phi) is 5.04. The van der Waals surface area contributed by atoms with Crippen molar-refractivity contribution in [3.63, 3.8) is 0 Å². The largest absolute Gasteiger partial charge is 0.377 e. The van der Waals surface area contributed by atoms with Gasteiger partial charge in [-0.25, -0.2) is 0 Å². The highest BCUT2D eigenvalue weighted by atomic mass is 35.6. The molecule has 0 unspecified atom stereocenters. The third-order valence-corrected chi connectivity index (χ3v) is 0.942. The summed E-state index contributed by atoms with van der Waals surface area (Å²) < 4.78 is 3.70. The summed E-state index contributed by atoms with van der Waals surface area (Å²) in [7, 11) is 0. The van der Waals surface area contributed by atoms with Gasteiger partial charge < -0.3 is 4.74 Å². The van der Waals surface area contributed by atoms with Gasteiger partial charge in [-0.3, -0.25) is 0 Å². The maximum atomic E-state index is 5.37. The molecule has 0 atom stereocenters. The molecule has 0 saturated carbocycles. The van der Waals surface area contributed by atoms with E-state index in [0.29, 0.717) is 6.61 Å². The lowest BCUT2D eigenvalue weighted by Crippen LogP contribution is -2.12. The number of hydrogen-bond acceptors (Lipinski definition) is 1. The minimum Gasteiger partial charge on any atom is -0.377 e. The van der Waals surface area contributed by atoms with E-state index in [9.17, 15) is 0 Å². The van der Waals surface area contributed by atoms with Crippen molar-refractivity contribution in [3.05, 3.63) is 0 Å². The van der Waals surface area contributed by atoms with Crippen molar-refractivity contribution in [3.8, 4) is 0 Å². The van der Waals surface area contributed by atoms with Crippen molar-refractivity contribution in [1.29, 1.82) is 0 Å². The first-order valence-electron chi connectivity index (χ1n) is 2.70. The summed E-state index contributed by atoms with van der Waals surface area (Å²) in [6, 6.07) is 0. The molecule has 1 nitrogen and oxygen atoms in total. The third-order valence-electron chi connectivity index (χ3n) is 0.614. The number of ether oxygens (including phenoxy) is 1. The Morgan fingerprint density at radius 1 is 1.33 bits per heavy atom. The SMILES string of the molecule is CCCOCC(Cl)(Cl)Cl. The predicted octanol–water partition coefficient (Wildman–Crippen LogP) is 2.78. The second kappa shape index (κ2) is 4.62. The molecule has 0 aromatic carbocycles. The van der Waals surface area contributed by atoms with Crippen molar-refractivity contribution in [2.24, 2.45) is 0 Å². The fourth-order valence-corrected chi connectivity index (χ4v) is 0.564. The second-order valence-corrected chi connectivity index (χ2v) is 4.18. The summed E-state index contributed by atoms with van der Waals surface area (Å²) in [6.07, 6.45) is 0.945. The second-order valence-electron chi connectivity index (χ2n) is 1.67. The molecule has 56 valence electrons. The van der Waals surface area contributed by atoms with Gasteiger partial charge in [0.2, 0.25) is 3.79 Å². The topological polar surface area (TPSA) is 9.23 Å². The predicted molar refractivity (Wildman–Crippen MR) is 41.4 cm³/mol. The van der Waals surface area contributed by atoms with E-state index in [-0.39, 0.29) is 6.61 Å². The molecular formula is C5H9Cl3O. The third kappa shape index (κ3) is 8.83. The van der Waals surface area contributed by atoms with Crippen molar-refractivity contribution in [1.82, 2.24) is 0 Å². The molecule has 0 aromatic rings. The van der Waals surface area contributed by atoms with Crippen molar-refractivity contribution in [2.75, 3.05) is 13.2 Å². The highest BCUT2D eigenvalue weighted by Crippen LogP contribution is 2.25. The van der Waals surface area contributed by atoms with Crippen LogP contribution in [-0.4, -0.2) is 17.0 Å². The van der Waals surface area contributed by atoms with E-state index in [4.69, 9.17) is 39.5 Å². The van der Waals surface area contributed by atoms with Crippen molar-refractivity contribution < 1.29 is 4.74 Å². The van der Waals surface area contributed by atoms with E-state index >= 15 is 0 Å². The Bertz CT molecular complexity index is 69.1. The summed E-state index contributed by atoms with van der Waals surface area (Å²) in [5.74, 6) is 0. The molecular weight excluding hydrogens is 182 g/mol. The van der Waals surface area contributed by atoms with E-state index in [0.717, 1.165) is 6.42 Å². The van der Waals surface area contributed by atoms with Crippen LogP contribution in [0.25, 0.3) is 0 Å². The number of hydrogen-bond donors (Lipinski definition) is 0. The van der Waals surface area contributed by atoms with Crippen LogP contribution in [0, 0.1) is 0 Å². The molecule has 0 aliphatic carbocycles. The molecule has 0 bridgehead atoms. The maximum Gasteiger partial charge on any atom is 0.213 e. The normalized spacial score (nSPS) is 12.0. The molecule has 4 heteroatoms. The Balaban J connectivity index is 3.07. The monoisotopic (exact) mass is 190 g/mol. The van der Waals surface area contributed by atoms with Gasteiger partial charge in [0.25, 0.3) is 0 Å². The minimum absolute atomic E-state index is 0.172. The van der Waals surface area contributed by atoms with E-state index < -0.39 is 3.79 Å². The molecule has 0 fully saturated rings. The summed E-state index contributed by atoms with van der Waals surface area (Å²) in [6.45, 7) is 2.82. The zero-order valence-corrected chi connectivity index (χ0v) is 7.43. The lowest BCUT2D eigenvalue weighted by Gasteiger charge is -2.09. The minimum atomic E-state index is -1.25. The number of halogens is 3. The quantitative estimate of drug-likeness (QED) is 0.492. The summed E-state index contributed by atoms with van der Waals surface area (Å²) >= 11 is 16.1. The molecule has 0 aliphatic rings. The molecule has 0 rings (SSSR count). The molecule has 0 radical (unpaired) electrons. The highest BCUT2D eigenvalue weighted by molar-refractivity contribution is 6.67. The average Bonchev–Trinajstić information content (AvgIpc) is 1.63. The van der Waals surface area contributed by atoms with E-state index in [1.165, 1.54) is 0 Å². The van der Waals surface area contributed by atoms with Crippen LogP contribution in [0.5, 0.6) is 0 Å². The Hall–Kier alpha value is 0.830. The zero-order chi connectivity index (χ0) is 7.33. The highest BCUT2D eigenvalue weighted by Gasteiger charge is 2.18. The molecule has 0 aliphatic heterocycles. The van der Waals surface area contributed by atoms with Crippen LogP contribution < -0.4 is 0 Å². The van der Waals surface area contributed by atoms with Crippen LogP contribution in [-0.2, 0) is 4.74 Å². The smallest absolute Gasteiger partial charge is 0.213 e. The Labute approximate surface area is 70.2 Å². The van der Waals surface area contributed by atoms with Crippen LogP contribution in [0.15, 0.2) is 0 Å². The molecule has 0 saturated heterocycles. The van der Waals surface area contributed by atoms with E-state index in [2.05, 4.69) is 0 Å². The van der Waals surface area contributed by atoms with Crippen LogP contribution in [0.1, 0.15) is 13.3 Å². The van der Waals surface area contributed by atoms with Crippen LogP contribution in [0.4, 0.5) is 0 Å². The summed E-state index contributed by atoms with van der Waals surface area (Å²) in [5, 5.41) is 0. The molecule has 0 aromatic heterocycles. The molecule has 0 heterocycles. The maximum absolute atomic E-state index is 5.37. The van der Waals surface area contributed by atoms with Gasteiger partial charge in [0, 0.05) is 6.61 Å². The number of alkyl halides is 3. The first-order chi connectivity index (χ1) is 4.06. The van der Waals surface area contributed by atoms with Crippen LogP contribution in [0.2, 0.25) is 0 Å². The van der Waals surface area contributed by atoms with Gasteiger partial charge in [-0.1, -0.05) is 41.7 Å². The van der Waals surface area contributed by atoms with E-state index in [1.807, 2.05) is 6.92 Å². The van der Waals surface area contributed by atoms with Gasteiger partial charge in [-0.05, 0) is 6.42 Å². The van der Waals surface area contributed by atoms with Gasteiger partial charge in [0.05, 0.1) is 6.61 Å². The van der Waals surface area contributed by atoms with Gasteiger partial charge in [0.15, 0.2) is 0 Å². The fourth-order valence-electron chi connectivity index (χ4n) is 0.332. The van der Waals surface area contributed by atoms with Gasteiger partial charge in [0.1, 0.15) is 0 Å². The summed E-state index contributed by atoms with van der Waals surface area (Å²) in [5.41, 5.74) is 0. The van der Waals surface area contributed by atoms with Gasteiger partial charge >= 0.3 is 0 Å². The molecule has 9 heavy (non-hydrogen) atoms. The van der Waals surface area contributed by atoms with Crippen molar-refractivity contribution in [2.45, 2.75) is 17.1 Å². The first-order valence-corrected chi connectivity index (χ1v) is 3.84. The standard InChI is InChI=1S/C5H9Cl3O/c1-2-3-9-4-5(6,7)8/h2-4H2,1H3. The first kappa shape index (κ1) is 9.83.